The van der Waals surface area contributed by atoms with Crippen LogP contribution in [0.15, 0.2) is 36.4 Å². The van der Waals surface area contributed by atoms with E-state index in [2.05, 4.69) is 0 Å². The number of methoxy groups -OCH3 is 2. The van der Waals surface area contributed by atoms with E-state index in [0.717, 1.165) is 53.9 Å². The minimum absolute atomic E-state index is 0.0604. The molecule has 3 atom stereocenters. The van der Waals surface area contributed by atoms with E-state index in [1.165, 1.54) is 6.07 Å². The van der Waals surface area contributed by atoms with Crippen LogP contribution in [0.4, 0.5) is 5.69 Å². The fraction of sp³-hybridized carbons (Fsp3) is 0.429. The van der Waals surface area contributed by atoms with E-state index in [-0.39, 0.29) is 22.6 Å². The van der Waals surface area contributed by atoms with Gasteiger partial charge in [0.15, 0.2) is 0 Å². The van der Waals surface area contributed by atoms with Gasteiger partial charge in [-0.1, -0.05) is 25.0 Å². The predicted molar refractivity (Wildman–Crippen MR) is 101 cm³/mol. The van der Waals surface area contributed by atoms with Crippen molar-refractivity contribution in [2.75, 3.05) is 14.2 Å². The van der Waals surface area contributed by atoms with Crippen LogP contribution < -0.4 is 9.47 Å². The lowest BCUT2D eigenvalue weighted by molar-refractivity contribution is -0.385. The molecule has 1 aliphatic heterocycles. The number of nitro groups is 1. The molecule has 0 radical (unpaired) electrons. The van der Waals surface area contributed by atoms with E-state index < -0.39 is 6.10 Å². The Balaban J connectivity index is 1.91. The summed E-state index contributed by atoms with van der Waals surface area (Å²) < 4.78 is 17.9. The van der Waals surface area contributed by atoms with Crippen molar-refractivity contribution in [1.82, 2.24) is 0 Å². The second kappa shape index (κ2) is 7.19. The largest absolute Gasteiger partial charge is 0.496 e. The van der Waals surface area contributed by atoms with Gasteiger partial charge >= 0.3 is 0 Å². The topological polar surface area (TPSA) is 70.8 Å². The first kappa shape index (κ1) is 17.8. The summed E-state index contributed by atoms with van der Waals surface area (Å²) in [6.07, 6.45) is 3.98. The van der Waals surface area contributed by atoms with Crippen LogP contribution in [0.5, 0.6) is 11.5 Å². The number of benzene rings is 2. The Morgan fingerprint density at radius 2 is 1.74 bits per heavy atom. The second-order valence-electron chi connectivity index (χ2n) is 7.10. The van der Waals surface area contributed by atoms with Crippen LogP contribution in [0.25, 0.3) is 0 Å². The van der Waals surface area contributed by atoms with Gasteiger partial charge in [0, 0.05) is 29.2 Å². The maximum atomic E-state index is 11.3. The maximum Gasteiger partial charge on any atom is 0.269 e. The molecule has 4 rings (SSSR count). The molecule has 0 saturated heterocycles. The van der Waals surface area contributed by atoms with Gasteiger partial charge in [0.05, 0.1) is 25.2 Å². The van der Waals surface area contributed by atoms with Gasteiger partial charge < -0.3 is 14.2 Å². The van der Waals surface area contributed by atoms with Crippen molar-refractivity contribution in [3.63, 3.8) is 0 Å². The van der Waals surface area contributed by atoms with E-state index in [1.54, 1.807) is 26.4 Å². The highest BCUT2D eigenvalue weighted by molar-refractivity contribution is 5.56. The number of hydrogen-bond acceptors (Lipinski definition) is 5. The molecule has 0 N–H and O–H groups in total. The minimum Gasteiger partial charge on any atom is -0.496 e. The van der Waals surface area contributed by atoms with Crippen LogP contribution in [0, 0.1) is 10.1 Å². The Hall–Kier alpha value is -2.60. The first-order chi connectivity index (χ1) is 13.1. The average Bonchev–Trinajstić information content (AvgIpc) is 2.72. The Morgan fingerprint density at radius 3 is 2.44 bits per heavy atom. The van der Waals surface area contributed by atoms with Crippen LogP contribution in [0.2, 0.25) is 0 Å². The Labute approximate surface area is 158 Å². The van der Waals surface area contributed by atoms with E-state index in [1.807, 2.05) is 18.2 Å². The lowest BCUT2D eigenvalue weighted by Gasteiger charge is -2.42. The van der Waals surface area contributed by atoms with Gasteiger partial charge in [-0.25, -0.2) is 0 Å². The zero-order valence-corrected chi connectivity index (χ0v) is 15.5. The van der Waals surface area contributed by atoms with Crippen molar-refractivity contribution >= 4 is 5.69 Å². The number of hydrogen-bond donors (Lipinski definition) is 0. The molecule has 0 aromatic heterocycles. The molecule has 1 saturated carbocycles. The van der Waals surface area contributed by atoms with Crippen LogP contribution in [-0.4, -0.2) is 25.2 Å². The molecule has 0 amide bonds. The Bertz CT molecular complexity index is 866. The molecule has 0 bridgehead atoms. The maximum absolute atomic E-state index is 11.3. The fourth-order valence-corrected chi connectivity index (χ4v) is 4.48. The molecule has 1 fully saturated rings. The summed E-state index contributed by atoms with van der Waals surface area (Å²) in [5.74, 6) is 1.82. The highest BCUT2D eigenvalue weighted by atomic mass is 16.6. The molecule has 6 nitrogen and oxygen atoms in total. The molecule has 2 aromatic rings. The molecule has 0 spiro atoms. The highest BCUT2D eigenvalue weighted by Gasteiger charge is 2.41. The predicted octanol–water partition coefficient (Wildman–Crippen LogP) is 4.76. The minimum atomic E-state index is -0.413. The van der Waals surface area contributed by atoms with Gasteiger partial charge in [-0.2, -0.15) is 0 Å². The SMILES string of the molecule is COc1ccc(OC)c2c1[C@@H](c1cccc([N+](=O)[O-])c1)O[C@H]1CCCC[C@H]21. The second-order valence-corrected chi connectivity index (χ2v) is 7.10. The Morgan fingerprint density at radius 1 is 1.04 bits per heavy atom. The van der Waals surface area contributed by atoms with E-state index in [4.69, 9.17) is 14.2 Å². The van der Waals surface area contributed by atoms with Gasteiger partial charge in [-0.15, -0.1) is 0 Å². The number of nitrogens with zero attached hydrogens (tertiary/aromatic N) is 1. The standard InChI is InChI=1S/C21H23NO5/c1-25-17-10-11-18(26-2)20-19(17)15-8-3-4-9-16(15)27-21(20)13-6-5-7-14(12-13)22(23)24/h5-7,10-12,15-16,21H,3-4,8-9H2,1-2H3/t15-,16-,21+/m0/s1. The van der Waals surface area contributed by atoms with Gasteiger partial charge in [0.2, 0.25) is 0 Å². The third-order valence-corrected chi connectivity index (χ3v) is 5.68. The molecule has 1 heterocycles. The number of ether oxygens (including phenoxy) is 3. The number of fused-ring (bicyclic) bond motifs is 3. The number of nitro benzene ring substituents is 1. The molecular formula is C21H23NO5. The summed E-state index contributed by atoms with van der Waals surface area (Å²) in [5.41, 5.74) is 2.89. The first-order valence-corrected chi connectivity index (χ1v) is 9.28. The summed E-state index contributed by atoms with van der Waals surface area (Å²) in [5, 5.41) is 11.3. The molecule has 0 unspecified atom stereocenters. The van der Waals surface area contributed by atoms with Gasteiger partial charge in [-0.3, -0.25) is 10.1 Å². The molecule has 27 heavy (non-hydrogen) atoms. The molecule has 6 heteroatoms. The molecule has 2 aromatic carbocycles. The molecule has 142 valence electrons. The smallest absolute Gasteiger partial charge is 0.269 e. The molecule has 1 aliphatic carbocycles. The Kier molecular flexibility index (Phi) is 4.74. The van der Waals surface area contributed by atoms with Crippen LogP contribution in [-0.2, 0) is 4.74 Å². The third-order valence-electron chi connectivity index (χ3n) is 5.68. The van der Waals surface area contributed by atoms with Crippen LogP contribution in [0.1, 0.15) is 54.4 Å². The highest BCUT2D eigenvalue weighted by Crippen LogP contribution is 2.52. The van der Waals surface area contributed by atoms with E-state index in [0.29, 0.717) is 0 Å². The quantitative estimate of drug-likeness (QED) is 0.574. The van der Waals surface area contributed by atoms with Crippen molar-refractivity contribution in [3.8, 4) is 11.5 Å². The van der Waals surface area contributed by atoms with Crippen molar-refractivity contribution in [1.29, 1.82) is 0 Å². The number of non-ortho nitro benzene ring substituents is 1. The van der Waals surface area contributed by atoms with Crippen molar-refractivity contribution in [2.24, 2.45) is 0 Å². The zero-order valence-electron chi connectivity index (χ0n) is 15.5. The molecule has 2 aliphatic rings. The summed E-state index contributed by atoms with van der Waals surface area (Å²) in [6, 6.07) is 10.5. The van der Waals surface area contributed by atoms with Crippen molar-refractivity contribution < 1.29 is 19.1 Å². The zero-order chi connectivity index (χ0) is 19.0. The lowest BCUT2D eigenvalue weighted by atomic mass is 9.75. The van der Waals surface area contributed by atoms with E-state index in [9.17, 15) is 10.1 Å². The van der Waals surface area contributed by atoms with Crippen LogP contribution in [0.3, 0.4) is 0 Å². The number of rotatable bonds is 4. The monoisotopic (exact) mass is 369 g/mol. The van der Waals surface area contributed by atoms with Crippen molar-refractivity contribution in [3.05, 3.63) is 63.2 Å². The lowest BCUT2D eigenvalue weighted by Crippen LogP contribution is -2.34. The van der Waals surface area contributed by atoms with Crippen LogP contribution >= 0.6 is 0 Å². The summed E-state index contributed by atoms with van der Waals surface area (Å²) in [7, 11) is 3.32. The first-order valence-electron chi connectivity index (χ1n) is 9.28. The van der Waals surface area contributed by atoms with Gasteiger partial charge in [0.1, 0.15) is 17.6 Å². The third kappa shape index (κ3) is 3.04. The van der Waals surface area contributed by atoms with Gasteiger partial charge in [0.25, 0.3) is 5.69 Å². The molecular weight excluding hydrogens is 346 g/mol. The normalized spacial score (nSPS) is 23.9. The summed E-state index contributed by atoms with van der Waals surface area (Å²) in [4.78, 5) is 10.9. The summed E-state index contributed by atoms with van der Waals surface area (Å²) in [6.45, 7) is 0. The van der Waals surface area contributed by atoms with Gasteiger partial charge in [-0.05, 0) is 30.5 Å². The average molecular weight is 369 g/mol. The fourth-order valence-electron chi connectivity index (χ4n) is 4.48. The van der Waals surface area contributed by atoms with Crippen molar-refractivity contribution in [2.45, 2.75) is 43.8 Å². The summed E-state index contributed by atoms with van der Waals surface area (Å²) >= 11 is 0. The van der Waals surface area contributed by atoms with E-state index >= 15 is 0 Å².